The van der Waals surface area contributed by atoms with Crippen molar-refractivity contribution in [3.05, 3.63) is 23.8 Å². The molecule has 0 aromatic heterocycles. The van der Waals surface area contributed by atoms with Crippen LogP contribution in [0.1, 0.15) is 18.9 Å². The van der Waals surface area contributed by atoms with E-state index in [1.165, 1.54) is 32.2 Å². The van der Waals surface area contributed by atoms with Gasteiger partial charge in [0.25, 0.3) is 5.91 Å². The van der Waals surface area contributed by atoms with Gasteiger partial charge in [-0.15, -0.1) is 12.4 Å². The van der Waals surface area contributed by atoms with Gasteiger partial charge in [0, 0.05) is 12.1 Å². The van der Waals surface area contributed by atoms with Gasteiger partial charge < -0.3 is 15.8 Å². The Morgan fingerprint density at radius 2 is 2.00 bits per heavy atom. The van der Waals surface area contributed by atoms with Crippen LogP contribution in [-0.4, -0.2) is 40.6 Å². The van der Waals surface area contributed by atoms with E-state index in [4.69, 9.17) is 10.5 Å². The molecule has 25 heavy (non-hydrogen) atoms. The molecule has 3 amide bonds. The first-order valence-corrected chi connectivity index (χ1v) is 8.75. The number of nitrogens with one attached hydrogen (secondary N) is 3. The van der Waals surface area contributed by atoms with Crippen LogP contribution in [0.2, 0.25) is 0 Å². The number of urea groups is 1. The minimum Gasteiger partial charge on any atom is -0.496 e. The van der Waals surface area contributed by atoms with Gasteiger partial charge in [-0.3, -0.25) is 10.1 Å². The summed E-state index contributed by atoms with van der Waals surface area (Å²) >= 11 is 0. The third-order valence-corrected chi connectivity index (χ3v) is 5.20. The average Bonchev–Trinajstić information content (AvgIpc) is 2.80. The van der Waals surface area contributed by atoms with Crippen molar-refractivity contribution in [2.45, 2.75) is 23.8 Å². The van der Waals surface area contributed by atoms with Crippen LogP contribution >= 0.6 is 12.4 Å². The summed E-state index contributed by atoms with van der Waals surface area (Å²) in [6, 6.07) is 3.47. The highest BCUT2D eigenvalue weighted by Gasteiger charge is 2.45. The smallest absolute Gasteiger partial charge is 0.322 e. The minimum atomic E-state index is -3.77. The summed E-state index contributed by atoms with van der Waals surface area (Å²) in [4.78, 5) is 23.6. The molecule has 0 aliphatic carbocycles. The van der Waals surface area contributed by atoms with Gasteiger partial charge in [-0.2, -0.15) is 0 Å². The molecular weight excluding hydrogens is 372 g/mol. The van der Waals surface area contributed by atoms with Gasteiger partial charge in [0.05, 0.1) is 12.0 Å². The summed E-state index contributed by atoms with van der Waals surface area (Å²) in [6.07, 6.45) is 0.498. The van der Waals surface area contributed by atoms with E-state index in [0.717, 1.165) is 0 Å². The number of imide groups is 1. The molecule has 0 radical (unpaired) electrons. The first kappa shape index (κ1) is 21.2. The van der Waals surface area contributed by atoms with Gasteiger partial charge in [0.2, 0.25) is 10.0 Å². The van der Waals surface area contributed by atoms with Crippen molar-refractivity contribution in [1.29, 1.82) is 0 Å². The van der Waals surface area contributed by atoms with E-state index in [0.29, 0.717) is 13.0 Å². The van der Waals surface area contributed by atoms with Crippen molar-refractivity contribution in [2.24, 2.45) is 5.73 Å². The van der Waals surface area contributed by atoms with Crippen molar-refractivity contribution >= 4 is 34.4 Å². The Morgan fingerprint density at radius 3 is 2.52 bits per heavy atom. The number of amides is 3. The van der Waals surface area contributed by atoms with Crippen LogP contribution in [0.5, 0.6) is 5.75 Å². The van der Waals surface area contributed by atoms with Crippen molar-refractivity contribution in [3.8, 4) is 5.75 Å². The Kier molecular flexibility index (Phi) is 6.77. The van der Waals surface area contributed by atoms with E-state index in [1.54, 1.807) is 0 Å². The highest BCUT2D eigenvalue weighted by molar-refractivity contribution is 7.89. The number of carbonyl (C=O) groups is 2. The molecule has 1 unspecified atom stereocenters. The maximum atomic E-state index is 12.3. The second-order valence-corrected chi connectivity index (χ2v) is 7.20. The number of halogens is 1. The Morgan fingerprint density at radius 1 is 1.32 bits per heavy atom. The summed E-state index contributed by atoms with van der Waals surface area (Å²) in [7, 11) is -2.38. The van der Waals surface area contributed by atoms with Gasteiger partial charge in [-0.1, -0.05) is 0 Å². The number of carbonyl (C=O) groups excluding carboxylic acids is 2. The van der Waals surface area contributed by atoms with E-state index < -0.39 is 27.5 Å². The molecule has 140 valence electrons. The first-order valence-electron chi connectivity index (χ1n) is 7.26. The Bertz CT molecular complexity index is 770. The molecule has 1 fully saturated rings. The Labute approximate surface area is 152 Å². The number of nitrogens with two attached hydrogens (primary N) is 1. The topological polar surface area (TPSA) is 140 Å². The lowest BCUT2D eigenvalue weighted by atomic mass is 9.91. The molecule has 2 rings (SSSR count). The predicted octanol–water partition coefficient (Wildman–Crippen LogP) is -0.201. The monoisotopic (exact) mass is 392 g/mol. The average molecular weight is 393 g/mol. The summed E-state index contributed by atoms with van der Waals surface area (Å²) in [5.74, 6) is -0.299. The third-order valence-electron chi connectivity index (χ3n) is 3.74. The number of sulfonamides is 1. The van der Waals surface area contributed by atoms with Crippen LogP contribution in [0.15, 0.2) is 23.1 Å². The number of hydrogen-bond donors (Lipinski definition) is 4. The van der Waals surface area contributed by atoms with E-state index in [-0.39, 0.29) is 35.2 Å². The lowest BCUT2D eigenvalue weighted by Gasteiger charge is -2.24. The lowest BCUT2D eigenvalue weighted by Crippen LogP contribution is -2.41. The summed E-state index contributed by atoms with van der Waals surface area (Å²) in [5, 5.41) is 4.62. The van der Waals surface area contributed by atoms with Crippen LogP contribution in [0.4, 0.5) is 4.79 Å². The van der Waals surface area contributed by atoms with Crippen molar-refractivity contribution in [3.63, 3.8) is 0 Å². The van der Waals surface area contributed by atoms with E-state index in [1.807, 2.05) is 0 Å². The van der Waals surface area contributed by atoms with Crippen LogP contribution < -0.4 is 25.8 Å². The number of methoxy groups -OCH3 is 1. The van der Waals surface area contributed by atoms with E-state index in [9.17, 15) is 18.0 Å². The number of benzene rings is 1. The quantitative estimate of drug-likeness (QED) is 0.374. The standard InChI is InChI=1S/C14H20N4O5S.ClH/c1-14(12(19)17-13(20)18-14)10-8-9(4-5-11(10)23-2)24(21,22)16-7-3-6-15;/h4-5,8,16H,3,6-7,15H2,1-2H3,(H2,17,18,19,20);1H. The fourth-order valence-electron chi connectivity index (χ4n) is 2.37. The largest absolute Gasteiger partial charge is 0.496 e. The first-order chi connectivity index (χ1) is 11.2. The molecule has 1 aliphatic heterocycles. The molecular formula is C14H21ClN4O5S. The minimum absolute atomic E-state index is 0. The second kappa shape index (κ2) is 8.00. The zero-order valence-corrected chi connectivity index (χ0v) is 15.4. The molecule has 0 spiro atoms. The number of hydrogen-bond acceptors (Lipinski definition) is 6. The predicted molar refractivity (Wildman–Crippen MR) is 93.1 cm³/mol. The van der Waals surface area contributed by atoms with Crippen molar-refractivity contribution in [1.82, 2.24) is 15.4 Å². The van der Waals surface area contributed by atoms with Gasteiger partial charge in [0.1, 0.15) is 11.3 Å². The van der Waals surface area contributed by atoms with Crippen molar-refractivity contribution in [2.75, 3.05) is 20.2 Å². The molecule has 1 aromatic rings. The van der Waals surface area contributed by atoms with Crippen LogP contribution in [0.25, 0.3) is 0 Å². The fourth-order valence-corrected chi connectivity index (χ4v) is 3.47. The second-order valence-electron chi connectivity index (χ2n) is 5.44. The van der Waals surface area contributed by atoms with Crippen LogP contribution in [0, 0.1) is 0 Å². The highest BCUT2D eigenvalue weighted by Crippen LogP contribution is 2.34. The van der Waals surface area contributed by atoms with Crippen LogP contribution in [0.3, 0.4) is 0 Å². The summed E-state index contributed by atoms with van der Waals surface area (Å²) < 4.78 is 32.3. The van der Waals surface area contributed by atoms with E-state index >= 15 is 0 Å². The molecule has 1 heterocycles. The normalized spacial score (nSPS) is 19.8. The van der Waals surface area contributed by atoms with Gasteiger partial charge in [0.15, 0.2) is 0 Å². The fraction of sp³-hybridized carbons (Fsp3) is 0.429. The number of rotatable bonds is 7. The maximum Gasteiger partial charge on any atom is 0.322 e. The van der Waals surface area contributed by atoms with Crippen LogP contribution in [-0.2, 0) is 20.4 Å². The lowest BCUT2D eigenvalue weighted by molar-refractivity contribution is -0.123. The molecule has 1 aromatic carbocycles. The molecule has 9 nitrogen and oxygen atoms in total. The zero-order chi connectivity index (χ0) is 18.0. The summed E-state index contributed by atoms with van der Waals surface area (Å²) in [5.41, 5.74) is 4.17. The molecule has 0 bridgehead atoms. The van der Waals surface area contributed by atoms with Gasteiger partial charge in [-0.25, -0.2) is 17.9 Å². The van der Waals surface area contributed by atoms with E-state index in [2.05, 4.69) is 15.4 Å². The molecule has 5 N–H and O–H groups in total. The van der Waals surface area contributed by atoms with Gasteiger partial charge >= 0.3 is 6.03 Å². The molecule has 1 atom stereocenters. The Hall–Kier alpha value is -1.88. The third kappa shape index (κ3) is 4.21. The SMILES string of the molecule is COc1ccc(S(=O)(=O)NCCCN)cc1C1(C)NC(=O)NC1=O.Cl. The van der Waals surface area contributed by atoms with Gasteiger partial charge in [-0.05, 0) is 38.1 Å². The maximum absolute atomic E-state index is 12.3. The van der Waals surface area contributed by atoms with Crippen molar-refractivity contribution < 1.29 is 22.7 Å². The molecule has 0 saturated carbocycles. The molecule has 11 heteroatoms. The molecule has 1 saturated heterocycles. The Balaban J connectivity index is 0.00000312. The molecule has 1 aliphatic rings. The zero-order valence-electron chi connectivity index (χ0n) is 13.8. The number of ether oxygens (including phenoxy) is 1. The summed E-state index contributed by atoms with van der Waals surface area (Å²) in [6.45, 7) is 2.04. The highest BCUT2D eigenvalue weighted by atomic mass is 35.5.